The number of carbonyl (C=O) groups excluding carboxylic acids is 1. The van der Waals surface area contributed by atoms with Crippen molar-refractivity contribution in [3.05, 3.63) is 76.6 Å². The topological polar surface area (TPSA) is 54.4 Å². The Morgan fingerprint density at radius 1 is 1.04 bits per heavy atom. The van der Waals surface area contributed by atoms with E-state index in [1.807, 2.05) is 30.3 Å². The van der Waals surface area contributed by atoms with Crippen molar-refractivity contribution in [1.29, 1.82) is 0 Å². The van der Waals surface area contributed by atoms with E-state index in [1.54, 1.807) is 12.3 Å². The molecule has 2 aromatic carbocycles. The van der Waals surface area contributed by atoms with Crippen LogP contribution in [0.25, 0.3) is 17.0 Å². The quantitative estimate of drug-likeness (QED) is 0.520. The van der Waals surface area contributed by atoms with Crippen LogP contribution in [0.15, 0.2) is 58.6 Å². The van der Waals surface area contributed by atoms with Crippen molar-refractivity contribution in [3.8, 4) is 0 Å². The number of rotatable bonds is 2. The second-order valence-corrected chi connectivity index (χ2v) is 6.63. The second kappa shape index (κ2) is 6.88. The van der Waals surface area contributed by atoms with Crippen molar-refractivity contribution in [2.24, 2.45) is 4.99 Å². The highest BCUT2D eigenvalue weighted by atomic mass is 32.2. The lowest BCUT2D eigenvalue weighted by molar-refractivity contribution is -0.115. The third-order valence-corrected chi connectivity index (χ3v) is 4.75. The average molecular weight is 385 g/mol. The van der Waals surface area contributed by atoms with Gasteiger partial charge < -0.3 is 5.32 Å². The molecule has 27 heavy (non-hydrogen) atoms. The normalized spacial score (nSPS) is 17.1. The lowest BCUT2D eigenvalue weighted by Gasteiger charge is -2.01. The van der Waals surface area contributed by atoms with E-state index in [0.29, 0.717) is 4.91 Å². The number of amides is 1. The SMILES string of the molecule is O=C1NC(=Nc2ccc(F)c(F)c2F)SC1=Cc1cccc2cccnc12. The van der Waals surface area contributed by atoms with Crippen molar-refractivity contribution < 1.29 is 18.0 Å². The van der Waals surface area contributed by atoms with Gasteiger partial charge in [0.25, 0.3) is 5.91 Å². The molecule has 1 saturated heterocycles. The molecule has 0 bridgehead atoms. The highest BCUT2D eigenvalue weighted by Gasteiger charge is 2.25. The zero-order valence-corrected chi connectivity index (χ0v) is 14.4. The summed E-state index contributed by atoms with van der Waals surface area (Å²) < 4.78 is 40.1. The number of amidine groups is 1. The standard InChI is InChI=1S/C19H10F3N3OS/c20-12-6-7-13(16(22)15(12)21)24-19-25-18(26)14(27-19)9-11-4-1-3-10-5-2-8-23-17(10)11/h1-9H,(H,24,25,26). The molecule has 1 amide bonds. The number of hydrogen-bond acceptors (Lipinski definition) is 4. The third kappa shape index (κ3) is 3.31. The predicted octanol–water partition coefficient (Wildman–Crippen LogP) is 4.54. The molecule has 1 aliphatic heterocycles. The molecule has 2 heterocycles. The summed E-state index contributed by atoms with van der Waals surface area (Å²) in [5, 5.41) is 3.48. The minimum atomic E-state index is -1.61. The van der Waals surface area contributed by atoms with Gasteiger partial charge in [-0.2, -0.15) is 0 Å². The summed E-state index contributed by atoms with van der Waals surface area (Å²) in [6.45, 7) is 0. The molecule has 1 fully saturated rings. The molecule has 1 N–H and O–H groups in total. The van der Waals surface area contributed by atoms with E-state index >= 15 is 0 Å². The van der Waals surface area contributed by atoms with Gasteiger partial charge >= 0.3 is 0 Å². The minimum absolute atomic E-state index is 0.0735. The largest absolute Gasteiger partial charge is 0.300 e. The van der Waals surface area contributed by atoms with Crippen LogP contribution in [-0.2, 0) is 4.79 Å². The van der Waals surface area contributed by atoms with E-state index in [4.69, 9.17) is 0 Å². The number of pyridine rings is 1. The lowest BCUT2D eigenvalue weighted by Crippen LogP contribution is -2.19. The molecule has 0 radical (unpaired) electrons. The molecule has 8 heteroatoms. The average Bonchev–Trinajstić information content (AvgIpc) is 3.01. The van der Waals surface area contributed by atoms with Crippen LogP contribution in [0.4, 0.5) is 18.9 Å². The van der Waals surface area contributed by atoms with Gasteiger partial charge in [0.05, 0.1) is 10.4 Å². The first-order valence-electron chi connectivity index (χ1n) is 7.80. The Morgan fingerprint density at radius 2 is 1.85 bits per heavy atom. The predicted molar refractivity (Wildman–Crippen MR) is 98.9 cm³/mol. The van der Waals surface area contributed by atoms with Crippen LogP contribution in [0.3, 0.4) is 0 Å². The molecule has 3 aromatic rings. The number of aromatic nitrogens is 1. The molecule has 1 aromatic heterocycles. The zero-order valence-electron chi connectivity index (χ0n) is 13.5. The molecule has 4 nitrogen and oxygen atoms in total. The highest BCUT2D eigenvalue weighted by Crippen LogP contribution is 2.31. The molecule has 0 atom stereocenters. The summed E-state index contributed by atoms with van der Waals surface area (Å²) >= 11 is 0.976. The first kappa shape index (κ1) is 17.3. The fourth-order valence-electron chi connectivity index (χ4n) is 2.58. The van der Waals surface area contributed by atoms with Gasteiger partial charge in [0, 0.05) is 17.1 Å². The Morgan fingerprint density at radius 3 is 2.70 bits per heavy atom. The smallest absolute Gasteiger partial charge is 0.264 e. The van der Waals surface area contributed by atoms with E-state index in [0.717, 1.165) is 40.4 Å². The summed E-state index contributed by atoms with van der Waals surface area (Å²) in [7, 11) is 0. The van der Waals surface area contributed by atoms with E-state index in [1.165, 1.54) is 0 Å². The first-order chi connectivity index (χ1) is 13.0. The number of halogens is 3. The molecular formula is C19H10F3N3OS. The highest BCUT2D eigenvalue weighted by molar-refractivity contribution is 8.18. The molecule has 134 valence electrons. The molecule has 4 rings (SSSR count). The Labute approximate surface area is 155 Å². The van der Waals surface area contributed by atoms with Gasteiger partial charge in [-0.15, -0.1) is 0 Å². The summed E-state index contributed by atoms with van der Waals surface area (Å²) in [6, 6.07) is 11.1. The maximum Gasteiger partial charge on any atom is 0.264 e. The van der Waals surface area contributed by atoms with E-state index in [9.17, 15) is 18.0 Å². The van der Waals surface area contributed by atoms with E-state index in [-0.39, 0.29) is 5.17 Å². The van der Waals surface area contributed by atoms with Crippen LogP contribution < -0.4 is 5.32 Å². The number of thioether (sulfide) groups is 1. The third-order valence-electron chi connectivity index (χ3n) is 3.84. The first-order valence-corrected chi connectivity index (χ1v) is 8.61. The van der Waals surface area contributed by atoms with Crippen LogP contribution in [0.2, 0.25) is 0 Å². The number of nitrogens with zero attached hydrogens (tertiary/aromatic N) is 2. The summed E-state index contributed by atoms with van der Waals surface area (Å²) in [4.78, 5) is 20.7. The van der Waals surface area contributed by atoms with E-state index in [2.05, 4.69) is 15.3 Å². The minimum Gasteiger partial charge on any atom is -0.300 e. The van der Waals surface area contributed by atoms with Crippen LogP contribution in [0, 0.1) is 17.5 Å². The number of carbonyl (C=O) groups is 1. The van der Waals surface area contributed by atoms with Crippen LogP contribution in [0.5, 0.6) is 0 Å². The van der Waals surface area contributed by atoms with E-state index < -0.39 is 29.0 Å². The van der Waals surface area contributed by atoms with Gasteiger partial charge in [0.2, 0.25) is 0 Å². The van der Waals surface area contributed by atoms with Crippen molar-refractivity contribution >= 4 is 45.5 Å². The summed E-state index contributed by atoms with van der Waals surface area (Å²) in [5.41, 5.74) is 1.08. The van der Waals surface area contributed by atoms with Crippen molar-refractivity contribution in [3.63, 3.8) is 0 Å². The van der Waals surface area contributed by atoms with Gasteiger partial charge in [-0.25, -0.2) is 18.2 Å². The number of benzene rings is 2. The van der Waals surface area contributed by atoms with Crippen molar-refractivity contribution in [1.82, 2.24) is 10.3 Å². The molecule has 0 unspecified atom stereocenters. The number of nitrogens with one attached hydrogen (secondary N) is 1. The van der Waals surface area contributed by atoms with Gasteiger partial charge in [-0.05, 0) is 36.0 Å². The Balaban J connectivity index is 1.68. The molecular weight excluding hydrogens is 375 g/mol. The van der Waals surface area contributed by atoms with Crippen LogP contribution >= 0.6 is 11.8 Å². The fraction of sp³-hybridized carbons (Fsp3) is 0. The maximum absolute atomic E-state index is 13.8. The van der Waals surface area contributed by atoms with Gasteiger partial charge in [-0.1, -0.05) is 24.3 Å². The zero-order chi connectivity index (χ0) is 19.0. The van der Waals surface area contributed by atoms with Gasteiger partial charge in [0.1, 0.15) is 5.69 Å². The van der Waals surface area contributed by atoms with Gasteiger partial charge in [0.15, 0.2) is 22.6 Å². The molecule has 1 aliphatic rings. The maximum atomic E-state index is 13.8. The lowest BCUT2D eigenvalue weighted by atomic mass is 10.1. The second-order valence-electron chi connectivity index (χ2n) is 5.60. The Bertz CT molecular complexity index is 1140. The monoisotopic (exact) mass is 385 g/mol. The molecule has 0 aliphatic carbocycles. The van der Waals surface area contributed by atoms with Crippen molar-refractivity contribution in [2.75, 3.05) is 0 Å². The summed E-state index contributed by atoms with van der Waals surface area (Å²) in [6.07, 6.45) is 3.31. The Kier molecular flexibility index (Phi) is 4.41. The molecule has 0 spiro atoms. The molecule has 0 saturated carbocycles. The number of fused-ring (bicyclic) bond motifs is 1. The van der Waals surface area contributed by atoms with Gasteiger partial charge in [-0.3, -0.25) is 9.78 Å². The number of para-hydroxylation sites is 1. The van der Waals surface area contributed by atoms with Crippen LogP contribution in [0.1, 0.15) is 5.56 Å². The van der Waals surface area contributed by atoms with Crippen LogP contribution in [-0.4, -0.2) is 16.1 Å². The number of hydrogen-bond donors (Lipinski definition) is 1. The Hall–Kier alpha value is -3.13. The van der Waals surface area contributed by atoms with Crippen molar-refractivity contribution in [2.45, 2.75) is 0 Å². The fourth-order valence-corrected chi connectivity index (χ4v) is 3.40. The summed E-state index contributed by atoms with van der Waals surface area (Å²) in [5.74, 6) is -4.74. The number of aliphatic imine (C=N–C) groups is 1.